The number of hydrogen-bond donors (Lipinski definition) is 3. The number of H-pyrrole nitrogens is 2. The van der Waals surface area contributed by atoms with E-state index < -0.39 is 0 Å². The fourth-order valence-corrected chi connectivity index (χ4v) is 5.73. The second-order valence-corrected chi connectivity index (χ2v) is 10.3. The molecule has 0 saturated heterocycles. The van der Waals surface area contributed by atoms with Gasteiger partial charge in [0.1, 0.15) is 5.69 Å². The largest absolute Gasteiger partial charge is 0.353 e. The lowest BCUT2D eigenvalue weighted by atomic mass is 9.88. The van der Waals surface area contributed by atoms with Crippen LogP contribution >= 0.6 is 0 Å². The number of rotatable bonds is 5. The van der Waals surface area contributed by atoms with Gasteiger partial charge in [0.15, 0.2) is 0 Å². The van der Waals surface area contributed by atoms with Gasteiger partial charge >= 0.3 is 0 Å². The smallest absolute Gasteiger partial charge is 0.227 e. The van der Waals surface area contributed by atoms with Crippen LogP contribution in [0.25, 0.3) is 55.4 Å². The molecule has 0 unspecified atom stereocenters. The van der Waals surface area contributed by atoms with E-state index in [0.29, 0.717) is 0 Å². The molecule has 1 fully saturated rings. The predicted molar refractivity (Wildman–Crippen MR) is 155 cm³/mol. The molecule has 0 radical (unpaired) electrons. The lowest BCUT2D eigenvalue weighted by molar-refractivity contribution is -0.120. The molecule has 7 heteroatoms. The zero-order valence-electron chi connectivity index (χ0n) is 21.4. The summed E-state index contributed by atoms with van der Waals surface area (Å²) in [6, 6.07) is 20.7. The van der Waals surface area contributed by atoms with Crippen LogP contribution in [0.1, 0.15) is 32.1 Å². The van der Waals surface area contributed by atoms with E-state index in [4.69, 9.17) is 0 Å². The van der Waals surface area contributed by atoms with E-state index in [0.717, 1.165) is 86.8 Å². The van der Waals surface area contributed by atoms with E-state index in [2.05, 4.69) is 72.9 Å². The van der Waals surface area contributed by atoms with Gasteiger partial charge in [0, 0.05) is 51.9 Å². The molecule has 0 spiro atoms. The summed E-state index contributed by atoms with van der Waals surface area (Å²) in [4.78, 5) is 25.1. The normalized spacial score (nSPS) is 14.2. The highest BCUT2D eigenvalue weighted by Gasteiger charge is 2.21. The maximum atomic E-state index is 12.8. The Morgan fingerprint density at radius 1 is 0.795 bits per heavy atom. The van der Waals surface area contributed by atoms with Gasteiger partial charge in [0.05, 0.1) is 23.1 Å². The molecule has 1 amide bonds. The highest BCUT2D eigenvalue weighted by Crippen LogP contribution is 2.35. The standard InChI is InChI=1S/C32H28N6O/c39-32(20-6-2-1-3-7-20)35-24-14-23(18-34-19-24)21-11-12-29-27(15-21)31(38-37-29)30-16-26-25(9-4-10-28(26)36-30)22-8-5-13-33-17-22/h4-5,8-20,36H,1-3,6-7H2,(H,35,39)(H,37,38). The maximum Gasteiger partial charge on any atom is 0.227 e. The number of hydrogen-bond acceptors (Lipinski definition) is 4. The third-order valence-electron chi connectivity index (χ3n) is 7.77. The number of aromatic nitrogens is 5. The second-order valence-electron chi connectivity index (χ2n) is 10.3. The van der Waals surface area contributed by atoms with Crippen molar-refractivity contribution in [2.45, 2.75) is 32.1 Å². The number of anilines is 1. The Labute approximate surface area is 225 Å². The van der Waals surface area contributed by atoms with Crippen LogP contribution in [0.3, 0.4) is 0 Å². The third kappa shape index (κ3) is 4.46. The van der Waals surface area contributed by atoms with E-state index >= 15 is 0 Å². The average molecular weight is 513 g/mol. The number of fused-ring (bicyclic) bond motifs is 2. The van der Waals surface area contributed by atoms with Gasteiger partial charge in [-0.15, -0.1) is 0 Å². The summed E-state index contributed by atoms with van der Waals surface area (Å²) >= 11 is 0. The molecule has 0 atom stereocenters. The molecule has 1 saturated carbocycles. The van der Waals surface area contributed by atoms with Gasteiger partial charge in [0.25, 0.3) is 0 Å². The summed E-state index contributed by atoms with van der Waals surface area (Å²) in [6.45, 7) is 0. The first-order chi connectivity index (χ1) is 19.2. The van der Waals surface area contributed by atoms with Gasteiger partial charge in [-0.2, -0.15) is 5.10 Å². The molecular weight excluding hydrogens is 484 g/mol. The lowest BCUT2D eigenvalue weighted by Gasteiger charge is -2.20. The van der Waals surface area contributed by atoms with Crippen LogP contribution in [0, 0.1) is 5.92 Å². The zero-order valence-corrected chi connectivity index (χ0v) is 21.4. The van der Waals surface area contributed by atoms with Crippen molar-refractivity contribution in [2.24, 2.45) is 5.92 Å². The van der Waals surface area contributed by atoms with E-state index in [1.54, 1.807) is 12.4 Å². The van der Waals surface area contributed by atoms with Gasteiger partial charge in [0.2, 0.25) is 5.91 Å². The summed E-state index contributed by atoms with van der Waals surface area (Å²) in [6.07, 6.45) is 12.6. The lowest BCUT2D eigenvalue weighted by Crippen LogP contribution is -2.24. The third-order valence-corrected chi connectivity index (χ3v) is 7.77. The Balaban J connectivity index is 1.23. The minimum atomic E-state index is 0.0993. The molecule has 39 heavy (non-hydrogen) atoms. The van der Waals surface area contributed by atoms with Crippen molar-refractivity contribution in [3.8, 4) is 33.6 Å². The van der Waals surface area contributed by atoms with Gasteiger partial charge in [-0.05, 0) is 60.4 Å². The Kier molecular flexibility index (Phi) is 5.89. The maximum absolute atomic E-state index is 12.8. The predicted octanol–water partition coefficient (Wildman–Crippen LogP) is 7.35. The number of carbonyl (C=O) groups is 1. The average Bonchev–Trinajstić information content (AvgIpc) is 3.62. The zero-order chi connectivity index (χ0) is 26.2. The van der Waals surface area contributed by atoms with Crippen molar-refractivity contribution in [1.29, 1.82) is 0 Å². The topological polar surface area (TPSA) is 99.3 Å². The molecule has 7 nitrogen and oxygen atoms in total. The van der Waals surface area contributed by atoms with Crippen molar-refractivity contribution < 1.29 is 4.79 Å². The molecule has 192 valence electrons. The Bertz CT molecular complexity index is 1800. The number of nitrogens with zero attached hydrogens (tertiary/aromatic N) is 3. The number of amides is 1. The van der Waals surface area contributed by atoms with Crippen LogP contribution in [-0.4, -0.2) is 31.1 Å². The molecule has 0 aliphatic heterocycles. The first-order valence-corrected chi connectivity index (χ1v) is 13.5. The van der Waals surface area contributed by atoms with Crippen molar-refractivity contribution >= 4 is 33.4 Å². The monoisotopic (exact) mass is 512 g/mol. The van der Waals surface area contributed by atoms with E-state index in [1.807, 2.05) is 30.6 Å². The van der Waals surface area contributed by atoms with E-state index in [9.17, 15) is 4.79 Å². The van der Waals surface area contributed by atoms with Gasteiger partial charge in [-0.25, -0.2) is 0 Å². The van der Waals surface area contributed by atoms with Crippen molar-refractivity contribution in [1.82, 2.24) is 25.1 Å². The number of pyridine rings is 2. The Hall–Kier alpha value is -4.78. The van der Waals surface area contributed by atoms with Crippen molar-refractivity contribution in [2.75, 3.05) is 5.32 Å². The van der Waals surface area contributed by atoms with Gasteiger partial charge < -0.3 is 10.3 Å². The number of benzene rings is 2. The van der Waals surface area contributed by atoms with Crippen LogP contribution in [0.5, 0.6) is 0 Å². The minimum absolute atomic E-state index is 0.0993. The van der Waals surface area contributed by atoms with E-state index in [-0.39, 0.29) is 11.8 Å². The SMILES string of the molecule is O=C(Nc1cncc(-c2ccc3[nH]nc(-c4cc5c(-c6cccnc6)cccc5[nH]4)c3c2)c1)C1CCCCC1. The summed E-state index contributed by atoms with van der Waals surface area (Å²) in [5.41, 5.74) is 8.69. The summed E-state index contributed by atoms with van der Waals surface area (Å²) < 4.78 is 0. The van der Waals surface area contributed by atoms with Crippen LogP contribution in [-0.2, 0) is 4.79 Å². The molecule has 7 rings (SSSR count). The summed E-state index contributed by atoms with van der Waals surface area (Å²) in [5, 5.41) is 13.1. The molecule has 3 N–H and O–H groups in total. The molecule has 1 aliphatic rings. The highest BCUT2D eigenvalue weighted by atomic mass is 16.1. The Morgan fingerprint density at radius 3 is 2.56 bits per heavy atom. The van der Waals surface area contributed by atoms with Crippen LogP contribution in [0.15, 0.2) is 85.5 Å². The van der Waals surface area contributed by atoms with Crippen LogP contribution in [0.4, 0.5) is 5.69 Å². The van der Waals surface area contributed by atoms with Crippen LogP contribution < -0.4 is 5.32 Å². The van der Waals surface area contributed by atoms with Crippen molar-refractivity contribution in [3.63, 3.8) is 0 Å². The molecular formula is C32H28N6O. The molecule has 6 aromatic rings. The van der Waals surface area contributed by atoms with Gasteiger partial charge in [-0.1, -0.05) is 43.5 Å². The first-order valence-electron chi connectivity index (χ1n) is 13.5. The fourth-order valence-electron chi connectivity index (χ4n) is 5.73. The van der Waals surface area contributed by atoms with Gasteiger partial charge in [-0.3, -0.25) is 19.9 Å². The second kappa shape index (κ2) is 9.83. The first kappa shape index (κ1) is 23.3. The Morgan fingerprint density at radius 2 is 1.69 bits per heavy atom. The quantitative estimate of drug-likeness (QED) is 0.225. The number of aromatic amines is 2. The van der Waals surface area contributed by atoms with Crippen molar-refractivity contribution in [3.05, 3.63) is 85.5 Å². The highest BCUT2D eigenvalue weighted by molar-refractivity contribution is 6.02. The molecule has 2 aromatic carbocycles. The van der Waals surface area contributed by atoms with Crippen LogP contribution in [0.2, 0.25) is 0 Å². The number of nitrogens with one attached hydrogen (secondary N) is 3. The fraction of sp³-hybridized carbons (Fsp3) is 0.188. The number of carbonyl (C=O) groups excluding carboxylic acids is 1. The molecule has 0 bridgehead atoms. The summed E-state index contributed by atoms with van der Waals surface area (Å²) in [5.74, 6) is 0.202. The molecule has 1 aliphatic carbocycles. The summed E-state index contributed by atoms with van der Waals surface area (Å²) in [7, 11) is 0. The molecule has 4 heterocycles. The minimum Gasteiger partial charge on any atom is -0.353 e. The molecule has 4 aromatic heterocycles. The van der Waals surface area contributed by atoms with E-state index in [1.165, 1.54) is 6.42 Å².